The quantitative estimate of drug-likeness (QED) is 0.406. The first kappa shape index (κ1) is 19.0. The van der Waals surface area contributed by atoms with Crippen molar-refractivity contribution in [3.63, 3.8) is 0 Å². The van der Waals surface area contributed by atoms with E-state index in [-0.39, 0.29) is 6.17 Å². The molecule has 0 saturated heterocycles. The van der Waals surface area contributed by atoms with Gasteiger partial charge in [0.05, 0.1) is 23.7 Å². The molecule has 0 saturated carbocycles. The standard InChI is InChI=1S/C23H23BrN2O2/c1-15(27)23(25-18-6-4-3-5-7-18)26-21-10-8-16(14-28-2)12-19(21)20-13-17(24)9-11-22(20)26/h3-13,15,23,25,27H,14H2,1-2H3. The summed E-state index contributed by atoms with van der Waals surface area (Å²) < 4.78 is 8.53. The highest BCUT2D eigenvalue weighted by Crippen LogP contribution is 2.35. The summed E-state index contributed by atoms with van der Waals surface area (Å²) in [4.78, 5) is 0. The summed E-state index contributed by atoms with van der Waals surface area (Å²) in [7, 11) is 1.71. The zero-order chi connectivity index (χ0) is 19.7. The molecule has 2 unspecified atom stereocenters. The Morgan fingerprint density at radius 1 is 1.00 bits per heavy atom. The molecule has 2 atom stereocenters. The minimum absolute atomic E-state index is 0.308. The Hall–Kier alpha value is -2.34. The number of aliphatic hydroxyl groups excluding tert-OH is 1. The van der Waals surface area contributed by atoms with Gasteiger partial charge in [0.1, 0.15) is 6.17 Å². The van der Waals surface area contributed by atoms with E-state index in [0.29, 0.717) is 6.61 Å². The van der Waals surface area contributed by atoms with E-state index in [2.05, 4.69) is 56.1 Å². The van der Waals surface area contributed by atoms with Crippen LogP contribution in [0.3, 0.4) is 0 Å². The van der Waals surface area contributed by atoms with Gasteiger partial charge in [-0.2, -0.15) is 0 Å². The van der Waals surface area contributed by atoms with E-state index in [1.165, 1.54) is 0 Å². The van der Waals surface area contributed by atoms with Crippen LogP contribution in [0.1, 0.15) is 18.7 Å². The summed E-state index contributed by atoms with van der Waals surface area (Å²) >= 11 is 3.60. The smallest absolute Gasteiger partial charge is 0.130 e. The highest BCUT2D eigenvalue weighted by Gasteiger charge is 2.22. The van der Waals surface area contributed by atoms with Crippen molar-refractivity contribution in [1.29, 1.82) is 0 Å². The minimum atomic E-state index is -0.596. The third-order valence-corrected chi connectivity index (χ3v) is 5.46. The van der Waals surface area contributed by atoms with Gasteiger partial charge in [0.2, 0.25) is 0 Å². The number of ether oxygens (including phenoxy) is 1. The van der Waals surface area contributed by atoms with Gasteiger partial charge in [0.25, 0.3) is 0 Å². The fraction of sp³-hybridized carbons (Fsp3) is 0.217. The molecule has 0 aliphatic heterocycles. The Balaban J connectivity index is 1.94. The summed E-state index contributed by atoms with van der Waals surface area (Å²) in [5, 5.41) is 16.4. The van der Waals surface area contributed by atoms with Gasteiger partial charge in [0, 0.05) is 28.0 Å². The average molecular weight is 439 g/mol. The van der Waals surface area contributed by atoms with Crippen molar-refractivity contribution in [1.82, 2.24) is 4.57 Å². The third kappa shape index (κ3) is 3.53. The molecule has 144 valence electrons. The Morgan fingerprint density at radius 3 is 2.36 bits per heavy atom. The molecule has 1 aromatic heterocycles. The molecule has 2 N–H and O–H groups in total. The predicted octanol–water partition coefficient (Wildman–Crippen LogP) is 5.69. The number of benzene rings is 3. The lowest BCUT2D eigenvalue weighted by atomic mass is 10.1. The number of para-hydroxylation sites is 1. The second kappa shape index (κ2) is 7.95. The van der Waals surface area contributed by atoms with Crippen LogP contribution in [-0.2, 0) is 11.3 Å². The summed E-state index contributed by atoms with van der Waals surface area (Å²) in [6.07, 6.45) is -0.904. The molecular weight excluding hydrogens is 416 g/mol. The summed E-state index contributed by atoms with van der Waals surface area (Å²) in [5.41, 5.74) is 4.24. The summed E-state index contributed by atoms with van der Waals surface area (Å²) in [6, 6.07) is 22.6. The zero-order valence-corrected chi connectivity index (χ0v) is 17.5. The fourth-order valence-corrected chi connectivity index (χ4v) is 4.10. The van der Waals surface area contributed by atoms with Gasteiger partial charge < -0.3 is 19.7 Å². The number of nitrogens with one attached hydrogen (secondary N) is 1. The number of aliphatic hydroxyl groups is 1. The largest absolute Gasteiger partial charge is 0.389 e. The fourth-order valence-electron chi connectivity index (χ4n) is 3.73. The first-order valence-corrected chi connectivity index (χ1v) is 10.1. The van der Waals surface area contributed by atoms with E-state index in [4.69, 9.17) is 4.74 Å². The van der Waals surface area contributed by atoms with Crippen LogP contribution in [0.4, 0.5) is 5.69 Å². The molecule has 4 rings (SSSR count). The van der Waals surface area contributed by atoms with Crippen LogP contribution in [0.15, 0.2) is 71.2 Å². The van der Waals surface area contributed by atoms with Crippen molar-refractivity contribution in [2.75, 3.05) is 12.4 Å². The molecule has 0 radical (unpaired) electrons. The molecule has 0 fully saturated rings. The lowest BCUT2D eigenvalue weighted by Gasteiger charge is -2.26. The van der Waals surface area contributed by atoms with Crippen molar-refractivity contribution < 1.29 is 9.84 Å². The molecule has 0 aliphatic rings. The van der Waals surface area contributed by atoms with Crippen LogP contribution in [0, 0.1) is 0 Å². The molecule has 0 aliphatic carbocycles. The second-order valence-electron chi connectivity index (χ2n) is 7.01. The van der Waals surface area contributed by atoms with Crippen LogP contribution in [0.25, 0.3) is 21.8 Å². The van der Waals surface area contributed by atoms with Gasteiger partial charge in [-0.15, -0.1) is 0 Å². The van der Waals surface area contributed by atoms with E-state index in [1.807, 2.05) is 43.3 Å². The van der Waals surface area contributed by atoms with E-state index in [0.717, 1.165) is 37.5 Å². The van der Waals surface area contributed by atoms with Crippen molar-refractivity contribution in [3.05, 3.63) is 76.8 Å². The Labute approximate surface area is 172 Å². The van der Waals surface area contributed by atoms with Crippen LogP contribution in [0.5, 0.6) is 0 Å². The molecule has 5 heteroatoms. The summed E-state index contributed by atoms with van der Waals surface area (Å²) in [6.45, 7) is 2.38. The Morgan fingerprint density at radius 2 is 1.68 bits per heavy atom. The number of hydrogen-bond acceptors (Lipinski definition) is 3. The topological polar surface area (TPSA) is 46.4 Å². The van der Waals surface area contributed by atoms with E-state index in [1.54, 1.807) is 7.11 Å². The maximum absolute atomic E-state index is 10.6. The maximum atomic E-state index is 10.6. The first-order valence-electron chi connectivity index (χ1n) is 9.29. The van der Waals surface area contributed by atoms with Crippen molar-refractivity contribution in [2.24, 2.45) is 0 Å². The zero-order valence-electron chi connectivity index (χ0n) is 15.9. The van der Waals surface area contributed by atoms with E-state index >= 15 is 0 Å². The molecule has 4 nitrogen and oxygen atoms in total. The van der Waals surface area contributed by atoms with Crippen molar-refractivity contribution in [2.45, 2.75) is 25.8 Å². The number of halogens is 1. The maximum Gasteiger partial charge on any atom is 0.130 e. The second-order valence-corrected chi connectivity index (χ2v) is 7.93. The highest BCUT2D eigenvalue weighted by molar-refractivity contribution is 9.10. The molecule has 3 aromatic carbocycles. The van der Waals surface area contributed by atoms with Crippen LogP contribution in [0.2, 0.25) is 0 Å². The van der Waals surface area contributed by atoms with E-state index in [9.17, 15) is 5.11 Å². The number of methoxy groups -OCH3 is 1. The van der Waals surface area contributed by atoms with Gasteiger partial charge in [-0.1, -0.05) is 40.2 Å². The molecule has 0 spiro atoms. The average Bonchev–Trinajstić information content (AvgIpc) is 3.00. The number of hydrogen-bond donors (Lipinski definition) is 2. The SMILES string of the molecule is COCc1ccc2c(c1)c1cc(Br)ccc1n2C(Nc1ccccc1)C(C)O. The van der Waals surface area contributed by atoms with Crippen LogP contribution in [-0.4, -0.2) is 22.9 Å². The van der Waals surface area contributed by atoms with Gasteiger partial charge >= 0.3 is 0 Å². The molecule has 4 aromatic rings. The predicted molar refractivity (Wildman–Crippen MR) is 119 cm³/mol. The van der Waals surface area contributed by atoms with Gasteiger partial charge in [-0.3, -0.25) is 0 Å². The van der Waals surface area contributed by atoms with Crippen molar-refractivity contribution in [3.8, 4) is 0 Å². The lowest BCUT2D eigenvalue weighted by molar-refractivity contribution is 0.147. The highest BCUT2D eigenvalue weighted by atomic mass is 79.9. The Bertz CT molecular complexity index is 1110. The van der Waals surface area contributed by atoms with Gasteiger partial charge in [-0.05, 0) is 55.0 Å². The van der Waals surface area contributed by atoms with Gasteiger partial charge in [0.15, 0.2) is 0 Å². The number of fused-ring (bicyclic) bond motifs is 3. The lowest BCUT2D eigenvalue weighted by Crippen LogP contribution is -2.28. The van der Waals surface area contributed by atoms with Gasteiger partial charge in [-0.25, -0.2) is 0 Å². The molecule has 0 amide bonds. The molecule has 1 heterocycles. The van der Waals surface area contributed by atoms with Crippen LogP contribution >= 0.6 is 15.9 Å². The number of nitrogens with zero attached hydrogens (tertiary/aromatic N) is 1. The molecule has 0 bridgehead atoms. The third-order valence-electron chi connectivity index (χ3n) is 4.96. The normalized spacial score (nSPS) is 13.7. The number of rotatable bonds is 6. The van der Waals surface area contributed by atoms with E-state index < -0.39 is 6.10 Å². The number of anilines is 1. The molecular formula is C23H23BrN2O2. The number of aromatic nitrogens is 1. The summed E-state index contributed by atoms with van der Waals surface area (Å²) in [5.74, 6) is 0. The first-order chi connectivity index (χ1) is 13.6. The monoisotopic (exact) mass is 438 g/mol. The Kier molecular flexibility index (Phi) is 5.40. The minimum Gasteiger partial charge on any atom is -0.389 e. The molecule has 28 heavy (non-hydrogen) atoms. The van der Waals surface area contributed by atoms with Crippen molar-refractivity contribution >= 4 is 43.4 Å². The van der Waals surface area contributed by atoms with Crippen LogP contribution < -0.4 is 5.32 Å².